The third-order valence-electron chi connectivity index (χ3n) is 2.30. The highest BCUT2D eigenvalue weighted by atomic mass is 32.1. The molecule has 0 spiro atoms. The van der Waals surface area contributed by atoms with Gasteiger partial charge in [-0.15, -0.1) is 0 Å². The molecule has 0 aromatic carbocycles. The molecule has 17 heavy (non-hydrogen) atoms. The second-order valence-corrected chi connectivity index (χ2v) is 4.77. The molecule has 88 valence electrons. The smallest absolute Gasteiger partial charge is 0.223 e. The van der Waals surface area contributed by atoms with E-state index >= 15 is 0 Å². The first-order valence-corrected chi connectivity index (χ1v) is 6.43. The van der Waals surface area contributed by atoms with Crippen molar-refractivity contribution in [3.8, 4) is 0 Å². The molecule has 0 fully saturated rings. The van der Waals surface area contributed by atoms with Gasteiger partial charge < -0.3 is 11.1 Å². The van der Waals surface area contributed by atoms with Crippen LogP contribution in [0, 0.1) is 0 Å². The molecule has 0 amide bonds. The summed E-state index contributed by atoms with van der Waals surface area (Å²) in [5, 5.41) is 7.34. The molecular weight excluding hydrogens is 252 g/mol. The van der Waals surface area contributed by atoms with Gasteiger partial charge in [0, 0.05) is 6.20 Å². The average Bonchev–Trinajstić information content (AvgIpc) is 2.82. The van der Waals surface area contributed by atoms with Crippen LogP contribution in [0.15, 0.2) is 29.1 Å². The minimum atomic E-state index is 0.155. The van der Waals surface area contributed by atoms with E-state index in [1.165, 1.54) is 5.56 Å². The average molecular weight is 264 g/mol. The van der Waals surface area contributed by atoms with Crippen LogP contribution in [-0.2, 0) is 0 Å². The lowest BCUT2D eigenvalue weighted by Crippen LogP contribution is -2.15. The van der Waals surface area contributed by atoms with Crippen LogP contribution in [0.1, 0.15) is 24.2 Å². The first-order valence-electron chi connectivity index (χ1n) is 5.08. The molecule has 6 heteroatoms. The van der Waals surface area contributed by atoms with Crippen LogP contribution in [0.5, 0.6) is 0 Å². The summed E-state index contributed by atoms with van der Waals surface area (Å²) in [5.41, 5.74) is 7.31. The summed E-state index contributed by atoms with van der Waals surface area (Å²) in [6.45, 7) is 2.05. The number of aromatic nitrogens is 2. The van der Waals surface area contributed by atoms with E-state index in [0.717, 1.165) is 0 Å². The molecule has 0 aliphatic carbocycles. The molecule has 0 radical (unpaired) electrons. The van der Waals surface area contributed by atoms with Crippen molar-refractivity contribution < 1.29 is 0 Å². The minimum absolute atomic E-state index is 0.155. The molecule has 1 atom stereocenters. The van der Waals surface area contributed by atoms with Crippen molar-refractivity contribution in [3.05, 3.63) is 40.3 Å². The number of hydrogen-bond donors (Lipinski definition) is 2. The Kier molecular flexibility index (Phi) is 3.65. The SMILES string of the molecule is CC(Nc1nccc(C(N)=S)n1)c1ccsc1. The molecule has 0 aliphatic heterocycles. The Morgan fingerprint density at radius 1 is 1.53 bits per heavy atom. The molecule has 0 saturated heterocycles. The number of nitrogens with two attached hydrogens (primary N) is 1. The largest absolute Gasteiger partial charge is 0.388 e. The molecule has 2 heterocycles. The van der Waals surface area contributed by atoms with E-state index in [0.29, 0.717) is 11.6 Å². The van der Waals surface area contributed by atoms with E-state index in [1.54, 1.807) is 23.6 Å². The lowest BCUT2D eigenvalue weighted by Gasteiger charge is -2.12. The first kappa shape index (κ1) is 11.9. The number of nitrogens with zero attached hydrogens (tertiary/aromatic N) is 2. The van der Waals surface area contributed by atoms with Crippen molar-refractivity contribution in [3.63, 3.8) is 0 Å². The lowest BCUT2D eigenvalue weighted by atomic mass is 10.2. The summed E-state index contributed by atoms with van der Waals surface area (Å²) in [6.07, 6.45) is 1.64. The normalized spacial score (nSPS) is 12.1. The minimum Gasteiger partial charge on any atom is -0.388 e. The van der Waals surface area contributed by atoms with Crippen LogP contribution in [-0.4, -0.2) is 15.0 Å². The molecule has 0 aliphatic rings. The van der Waals surface area contributed by atoms with E-state index in [-0.39, 0.29) is 11.0 Å². The van der Waals surface area contributed by atoms with Crippen LogP contribution in [0.2, 0.25) is 0 Å². The highest BCUT2D eigenvalue weighted by Gasteiger charge is 2.08. The lowest BCUT2D eigenvalue weighted by molar-refractivity contribution is 0.864. The van der Waals surface area contributed by atoms with E-state index in [9.17, 15) is 0 Å². The van der Waals surface area contributed by atoms with Crippen molar-refractivity contribution >= 4 is 34.5 Å². The van der Waals surface area contributed by atoms with E-state index < -0.39 is 0 Å². The van der Waals surface area contributed by atoms with Gasteiger partial charge in [-0.2, -0.15) is 11.3 Å². The number of nitrogens with one attached hydrogen (secondary N) is 1. The highest BCUT2D eigenvalue weighted by Crippen LogP contribution is 2.19. The highest BCUT2D eigenvalue weighted by molar-refractivity contribution is 7.80. The van der Waals surface area contributed by atoms with Crippen molar-refractivity contribution in [1.29, 1.82) is 0 Å². The summed E-state index contributed by atoms with van der Waals surface area (Å²) in [7, 11) is 0. The van der Waals surface area contributed by atoms with E-state index in [1.807, 2.05) is 5.38 Å². The molecule has 1 unspecified atom stereocenters. The molecular formula is C11H12N4S2. The number of thiophene rings is 1. The molecule has 0 bridgehead atoms. The number of rotatable bonds is 4. The van der Waals surface area contributed by atoms with Gasteiger partial charge in [-0.1, -0.05) is 12.2 Å². The van der Waals surface area contributed by atoms with Gasteiger partial charge in [0.05, 0.1) is 6.04 Å². The molecule has 0 saturated carbocycles. The summed E-state index contributed by atoms with van der Waals surface area (Å²) in [6, 6.07) is 3.92. The fraction of sp³-hybridized carbons (Fsp3) is 0.182. The van der Waals surface area contributed by atoms with Crippen molar-refractivity contribution in [1.82, 2.24) is 9.97 Å². The Hall–Kier alpha value is -1.53. The Labute approximate surface area is 109 Å². The van der Waals surface area contributed by atoms with Gasteiger partial charge in [-0.05, 0) is 35.4 Å². The second-order valence-electron chi connectivity index (χ2n) is 3.55. The molecule has 3 N–H and O–H groups in total. The zero-order valence-electron chi connectivity index (χ0n) is 9.25. The van der Waals surface area contributed by atoms with Gasteiger partial charge in [0.25, 0.3) is 0 Å². The van der Waals surface area contributed by atoms with Gasteiger partial charge in [0.2, 0.25) is 5.95 Å². The Bertz CT molecular complexity index is 510. The van der Waals surface area contributed by atoms with Crippen molar-refractivity contribution in [2.75, 3.05) is 5.32 Å². The quantitative estimate of drug-likeness (QED) is 0.830. The Balaban J connectivity index is 2.13. The van der Waals surface area contributed by atoms with Gasteiger partial charge >= 0.3 is 0 Å². The van der Waals surface area contributed by atoms with Crippen LogP contribution in [0.3, 0.4) is 0 Å². The maximum atomic E-state index is 5.52. The molecule has 4 nitrogen and oxygen atoms in total. The zero-order valence-corrected chi connectivity index (χ0v) is 10.9. The third-order valence-corrected chi connectivity index (χ3v) is 3.21. The third kappa shape index (κ3) is 2.98. The summed E-state index contributed by atoms with van der Waals surface area (Å²) < 4.78 is 0. The Morgan fingerprint density at radius 2 is 2.35 bits per heavy atom. The van der Waals surface area contributed by atoms with Gasteiger partial charge in [-0.25, -0.2) is 9.97 Å². The fourth-order valence-corrected chi connectivity index (χ4v) is 2.23. The summed E-state index contributed by atoms with van der Waals surface area (Å²) >= 11 is 6.54. The zero-order chi connectivity index (χ0) is 12.3. The monoisotopic (exact) mass is 264 g/mol. The standard InChI is InChI=1S/C11H12N4S2/c1-7(8-3-5-17-6-8)14-11-13-4-2-9(15-11)10(12)16/h2-7H,1H3,(H2,12,16)(H,13,14,15). The van der Waals surface area contributed by atoms with E-state index in [2.05, 4.69) is 33.7 Å². The van der Waals surface area contributed by atoms with Crippen molar-refractivity contribution in [2.24, 2.45) is 5.73 Å². The summed E-state index contributed by atoms with van der Waals surface area (Å²) in [5.74, 6) is 0.536. The topological polar surface area (TPSA) is 63.8 Å². The van der Waals surface area contributed by atoms with Crippen LogP contribution in [0.4, 0.5) is 5.95 Å². The molecule has 2 rings (SSSR count). The predicted molar refractivity (Wildman–Crippen MR) is 74.3 cm³/mol. The number of anilines is 1. The maximum absolute atomic E-state index is 5.52. The Morgan fingerprint density at radius 3 is 3.00 bits per heavy atom. The number of thiocarbonyl (C=S) groups is 1. The van der Waals surface area contributed by atoms with Crippen molar-refractivity contribution in [2.45, 2.75) is 13.0 Å². The van der Waals surface area contributed by atoms with Crippen LogP contribution >= 0.6 is 23.6 Å². The molecule has 2 aromatic heterocycles. The maximum Gasteiger partial charge on any atom is 0.223 e. The van der Waals surface area contributed by atoms with E-state index in [4.69, 9.17) is 18.0 Å². The van der Waals surface area contributed by atoms with Gasteiger partial charge in [0.15, 0.2) is 0 Å². The molecule has 2 aromatic rings. The fourth-order valence-electron chi connectivity index (χ4n) is 1.36. The van der Waals surface area contributed by atoms with Gasteiger partial charge in [0.1, 0.15) is 10.7 Å². The second kappa shape index (κ2) is 5.20. The predicted octanol–water partition coefficient (Wildman–Crippen LogP) is 2.35. The van der Waals surface area contributed by atoms with Gasteiger partial charge in [-0.3, -0.25) is 0 Å². The summed E-state index contributed by atoms with van der Waals surface area (Å²) in [4.78, 5) is 8.65. The first-order chi connectivity index (χ1) is 8.16. The van der Waals surface area contributed by atoms with Crippen LogP contribution < -0.4 is 11.1 Å². The van der Waals surface area contributed by atoms with Crippen LogP contribution in [0.25, 0.3) is 0 Å². The number of hydrogen-bond acceptors (Lipinski definition) is 5.